The lowest BCUT2D eigenvalue weighted by Gasteiger charge is -2.28. The molecule has 0 atom stereocenters. The van der Waals surface area contributed by atoms with E-state index in [0.717, 1.165) is 63.9 Å². The third-order valence-electron chi connectivity index (χ3n) is 4.76. The molecule has 0 aliphatic carbocycles. The zero-order valence-electron chi connectivity index (χ0n) is 15.3. The number of ether oxygens (including phenoxy) is 1. The minimum atomic E-state index is -0.00511. The van der Waals surface area contributed by atoms with Gasteiger partial charge in [0.2, 0.25) is 0 Å². The molecule has 1 fully saturated rings. The van der Waals surface area contributed by atoms with Gasteiger partial charge in [0.1, 0.15) is 22.8 Å². The van der Waals surface area contributed by atoms with Gasteiger partial charge in [-0.05, 0) is 18.6 Å². The molecule has 8 nitrogen and oxygen atoms in total. The first-order chi connectivity index (χ1) is 13.2. The smallest absolute Gasteiger partial charge is 0.150 e. The van der Waals surface area contributed by atoms with E-state index >= 15 is 0 Å². The number of aryl methyl sites for hydroxylation is 1. The molecule has 4 rings (SSSR count). The number of rotatable bonds is 6. The minimum absolute atomic E-state index is 0.00511. The fourth-order valence-corrected chi connectivity index (χ4v) is 4.68. The normalized spacial score (nSPS) is 15.0. The Morgan fingerprint density at radius 2 is 1.93 bits per heavy atom. The Balaban J connectivity index is 1.84. The van der Waals surface area contributed by atoms with Gasteiger partial charge in [-0.3, -0.25) is 0 Å². The number of aliphatic hydroxyl groups is 2. The van der Waals surface area contributed by atoms with Crippen LogP contribution in [0.1, 0.15) is 5.56 Å². The molecule has 0 spiro atoms. The van der Waals surface area contributed by atoms with Crippen LogP contribution >= 0.6 is 11.3 Å². The van der Waals surface area contributed by atoms with E-state index < -0.39 is 0 Å². The summed E-state index contributed by atoms with van der Waals surface area (Å²) in [5, 5.41) is 19.8. The van der Waals surface area contributed by atoms with Gasteiger partial charge >= 0.3 is 0 Å². The van der Waals surface area contributed by atoms with Crippen molar-refractivity contribution in [3.8, 4) is 0 Å². The maximum absolute atomic E-state index is 9.37. The van der Waals surface area contributed by atoms with E-state index in [1.165, 1.54) is 0 Å². The number of fused-ring (bicyclic) bond motifs is 3. The van der Waals surface area contributed by atoms with Crippen LogP contribution < -0.4 is 9.80 Å². The van der Waals surface area contributed by atoms with Crippen LogP contribution in [0.15, 0.2) is 12.4 Å². The summed E-state index contributed by atoms with van der Waals surface area (Å²) in [7, 11) is 0. The number of nitrogens with zero attached hydrogens (tertiary/aromatic N) is 5. The van der Waals surface area contributed by atoms with Crippen molar-refractivity contribution >= 4 is 43.4 Å². The molecule has 4 heterocycles. The van der Waals surface area contributed by atoms with Crippen molar-refractivity contribution in [2.45, 2.75) is 6.92 Å². The summed E-state index contributed by atoms with van der Waals surface area (Å²) < 4.78 is 6.38. The van der Waals surface area contributed by atoms with Crippen LogP contribution in [0.25, 0.3) is 20.4 Å². The first kappa shape index (κ1) is 18.3. The maximum atomic E-state index is 9.37. The van der Waals surface area contributed by atoms with Crippen molar-refractivity contribution in [3.05, 3.63) is 18.0 Å². The minimum Gasteiger partial charge on any atom is -0.395 e. The van der Waals surface area contributed by atoms with E-state index in [-0.39, 0.29) is 13.2 Å². The molecule has 2 N–H and O–H groups in total. The van der Waals surface area contributed by atoms with Crippen molar-refractivity contribution in [1.82, 2.24) is 15.0 Å². The Hall–Kier alpha value is -2.07. The summed E-state index contributed by atoms with van der Waals surface area (Å²) in [4.78, 5) is 18.9. The summed E-state index contributed by atoms with van der Waals surface area (Å²) in [6, 6.07) is 2.11. The zero-order valence-corrected chi connectivity index (χ0v) is 16.1. The second kappa shape index (κ2) is 7.89. The summed E-state index contributed by atoms with van der Waals surface area (Å²) in [5.41, 5.74) is 2.01. The lowest BCUT2D eigenvalue weighted by molar-refractivity contribution is 0.122. The molecule has 3 aromatic rings. The number of anilines is 2. The Labute approximate surface area is 161 Å². The van der Waals surface area contributed by atoms with Crippen molar-refractivity contribution in [3.63, 3.8) is 0 Å². The molecular weight excluding hydrogens is 366 g/mol. The van der Waals surface area contributed by atoms with Crippen LogP contribution in [0.2, 0.25) is 0 Å². The summed E-state index contributed by atoms with van der Waals surface area (Å²) in [6.07, 6.45) is 1.54. The molecule has 144 valence electrons. The molecule has 0 amide bonds. The molecule has 1 aliphatic heterocycles. The van der Waals surface area contributed by atoms with Crippen LogP contribution in [0, 0.1) is 6.92 Å². The maximum Gasteiger partial charge on any atom is 0.150 e. The van der Waals surface area contributed by atoms with Crippen LogP contribution in [-0.4, -0.2) is 77.8 Å². The van der Waals surface area contributed by atoms with Gasteiger partial charge in [-0.25, -0.2) is 15.0 Å². The van der Waals surface area contributed by atoms with Gasteiger partial charge in [0.25, 0.3) is 0 Å². The third kappa shape index (κ3) is 3.43. The van der Waals surface area contributed by atoms with Gasteiger partial charge in [-0.1, -0.05) is 0 Å². The Kier molecular flexibility index (Phi) is 5.35. The summed E-state index contributed by atoms with van der Waals surface area (Å²) >= 11 is 1.56. The summed E-state index contributed by atoms with van der Waals surface area (Å²) in [6.45, 7) is 6.02. The largest absolute Gasteiger partial charge is 0.395 e. The molecular formula is C18H23N5O3S. The second-order valence-electron chi connectivity index (χ2n) is 6.49. The van der Waals surface area contributed by atoms with Crippen molar-refractivity contribution in [1.29, 1.82) is 0 Å². The third-order valence-corrected chi connectivity index (χ3v) is 5.83. The van der Waals surface area contributed by atoms with Gasteiger partial charge in [-0.2, -0.15) is 0 Å². The van der Waals surface area contributed by atoms with Crippen LogP contribution in [0.5, 0.6) is 0 Å². The second-order valence-corrected chi connectivity index (χ2v) is 7.49. The Morgan fingerprint density at radius 1 is 1.19 bits per heavy atom. The van der Waals surface area contributed by atoms with E-state index in [2.05, 4.69) is 27.9 Å². The number of pyridine rings is 1. The first-order valence-electron chi connectivity index (χ1n) is 9.07. The molecule has 9 heteroatoms. The highest BCUT2D eigenvalue weighted by Gasteiger charge is 2.20. The molecule has 3 aromatic heterocycles. The monoisotopic (exact) mass is 389 g/mol. The quantitative estimate of drug-likeness (QED) is 0.649. The van der Waals surface area contributed by atoms with Crippen LogP contribution in [-0.2, 0) is 4.74 Å². The first-order valence-corrected chi connectivity index (χ1v) is 9.88. The molecule has 0 bridgehead atoms. The van der Waals surface area contributed by atoms with Crippen LogP contribution in [0.3, 0.4) is 0 Å². The Morgan fingerprint density at radius 3 is 2.63 bits per heavy atom. The SMILES string of the molecule is Cc1cc(N2CCOCC2)nc2sc3c(N(CCO)CCO)ncnc3c12. The molecule has 0 radical (unpaired) electrons. The van der Waals surface area contributed by atoms with Crippen molar-refractivity contribution < 1.29 is 14.9 Å². The summed E-state index contributed by atoms with van der Waals surface area (Å²) in [5.74, 6) is 1.70. The Bertz CT molecular complexity index is 936. The van der Waals surface area contributed by atoms with E-state index in [1.54, 1.807) is 17.7 Å². The standard InChI is InChI=1S/C18H23N5O3S/c1-12-10-13(22-4-8-26-9-5-22)21-18-14(12)15-16(27-18)17(20-11-19-15)23(2-6-24)3-7-25/h10-11,24-25H,2-9H2,1H3. The van der Waals surface area contributed by atoms with Gasteiger partial charge in [0.05, 0.1) is 36.6 Å². The number of aliphatic hydroxyl groups excluding tert-OH is 2. The number of thiophene rings is 1. The van der Waals surface area contributed by atoms with Gasteiger partial charge in [0.15, 0.2) is 0 Å². The molecule has 0 aromatic carbocycles. The lowest BCUT2D eigenvalue weighted by atomic mass is 10.1. The average Bonchev–Trinajstić information content (AvgIpc) is 3.07. The lowest BCUT2D eigenvalue weighted by Crippen LogP contribution is -2.36. The van der Waals surface area contributed by atoms with E-state index in [9.17, 15) is 10.2 Å². The zero-order chi connectivity index (χ0) is 18.8. The topological polar surface area (TPSA) is 94.8 Å². The van der Waals surface area contributed by atoms with E-state index in [0.29, 0.717) is 13.1 Å². The molecule has 27 heavy (non-hydrogen) atoms. The highest BCUT2D eigenvalue weighted by molar-refractivity contribution is 7.26. The number of hydrogen-bond donors (Lipinski definition) is 2. The number of aromatic nitrogens is 3. The van der Waals surface area contributed by atoms with Crippen LogP contribution in [0.4, 0.5) is 11.6 Å². The highest BCUT2D eigenvalue weighted by atomic mass is 32.1. The highest BCUT2D eigenvalue weighted by Crippen LogP contribution is 2.39. The number of hydrogen-bond acceptors (Lipinski definition) is 9. The van der Waals surface area contributed by atoms with Crippen molar-refractivity contribution in [2.75, 3.05) is 62.4 Å². The van der Waals surface area contributed by atoms with E-state index in [4.69, 9.17) is 9.72 Å². The van der Waals surface area contributed by atoms with Crippen molar-refractivity contribution in [2.24, 2.45) is 0 Å². The fourth-order valence-electron chi connectivity index (χ4n) is 3.47. The number of morpholine rings is 1. The fraction of sp³-hybridized carbons (Fsp3) is 0.500. The molecule has 0 unspecified atom stereocenters. The molecule has 1 aliphatic rings. The predicted molar refractivity (Wildman–Crippen MR) is 107 cm³/mol. The van der Waals surface area contributed by atoms with Gasteiger partial charge < -0.3 is 24.7 Å². The van der Waals surface area contributed by atoms with Gasteiger partial charge in [-0.15, -0.1) is 11.3 Å². The van der Waals surface area contributed by atoms with Gasteiger partial charge in [0, 0.05) is 31.6 Å². The predicted octanol–water partition coefficient (Wildman–Crippen LogP) is 1.18. The van der Waals surface area contributed by atoms with E-state index in [1.807, 2.05) is 4.90 Å². The molecule has 0 saturated carbocycles. The molecule has 1 saturated heterocycles. The average molecular weight is 389 g/mol.